The Morgan fingerprint density at radius 3 is 2.33 bits per heavy atom. The van der Waals surface area contributed by atoms with Crippen molar-refractivity contribution in [2.75, 3.05) is 33.9 Å². The molecule has 0 aliphatic heterocycles. The van der Waals surface area contributed by atoms with Crippen molar-refractivity contribution in [3.05, 3.63) is 0 Å². The number of hydrogen-bond donors (Lipinski definition) is 1. The van der Waals surface area contributed by atoms with Crippen LogP contribution in [0.2, 0.25) is 0 Å². The number of methoxy groups -OCH3 is 1. The first-order valence-electron chi connectivity index (χ1n) is 4.41. The predicted molar refractivity (Wildman–Crippen MR) is 50.2 cm³/mol. The summed E-state index contributed by atoms with van der Waals surface area (Å²) in [6.45, 7) is 6.45. The number of aliphatic hydroxyl groups is 1. The van der Waals surface area contributed by atoms with Crippen LogP contribution in [0.5, 0.6) is 0 Å². The smallest absolute Gasteiger partial charge is 0.0899 e. The Bertz CT molecular complexity index is 107. The van der Waals surface area contributed by atoms with E-state index in [1.165, 1.54) is 0 Å². The van der Waals surface area contributed by atoms with Crippen LogP contribution in [0.25, 0.3) is 0 Å². The molecule has 0 aliphatic carbocycles. The summed E-state index contributed by atoms with van der Waals surface area (Å²) in [6, 6.07) is 0. The summed E-state index contributed by atoms with van der Waals surface area (Å²) >= 11 is 0. The molecule has 0 aliphatic rings. The predicted octanol–water partition coefficient (Wildman–Crippen LogP) is 0.582. The lowest BCUT2D eigenvalue weighted by Crippen LogP contribution is -2.34. The summed E-state index contributed by atoms with van der Waals surface area (Å²) in [7, 11) is 3.62. The standard InChI is InChI=1S/C9H21NO2/c1-8(2)5-10(3)6-9(11)7-12-4/h8-9,11H,5-7H2,1-4H3. The molecular formula is C9H21NO2. The maximum absolute atomic E-state index is 9.37. The molecule has 0 fully saturated rings. The number of rotatable bonds is 6. The van der Waals surface area contributed by atoms with Crippen molar-refractivity contribution >= 4 is 0 Å². The topological polar surface area (TPSA) is 32.7 Å². The van der Waals surface area contributed by atoms with Gasteiger partial charge in [0.2, 0.25) is 0 Å². The van der Waals surface area contributed by atoms with Crippen LogP contribution in [-0.4, -0.2) is 50.0 Å². The molecule has 0 radical (unpaired) electrons. The molecule has 0 aromatic rings. The van der Waals surface area contributed by atoms with Gasteiger partial charge in [0.05, 0.1) is 12.7 Å². The first-order chi connectivity index (χ1) is 5.56. The third-order valence-corrected chi connectivity index (χ3v) is 1.56. The molecular weight excluding hydrogens is 154 g/mol. The summed E-state index contributed by atoms with van der Waals surface area (Å²) in [5.74, 6) is 0.643. The fourth-order valence-corrected chi connectivity index (χ4v) is 1.30. The fourth-order valence-electron chi connectivity index (χ4n) is 1.30. The summed E-state index contributed by atoms with van der Waals surface area (Å²) in [4.78, 5) is 2.12. The highest BCUT2D eigenvalue weighted by Gasteiger charge is 2.08. The highest BCUT2D eigenvalue weighted by molar-refractivity contribution is 4.61. The summed E-state index contributed by atoms with van der Waals surface area (Å²) in [6.07, 6.45) is -0.362. The second kappa shape index (κ2) is 6.40. The summed E-state index contributed by atoms with van der Waals surface area (Å²) in [5.41, 5.74) is 0. The Morgan fingerprint density at radius 2 is 1.92 bits per heavy atom. The number of nitrogens with zero attached hydrogens (tertiary/aromatic N) is 1. The number of aliphatic hydroxyl groups excluding tert-OH is 1. The zero-order chi connectivity index (χ0) is 9.56. The minimum atomic E-state index is -0.362. The van der Waals surface area contributed by atoms with Gasteiger partial charge in [-0.1, -0.05) is 13.8 Å². The van der Waals surface area contributed by atoms with Crippen LogP contribution in [0, 0.1) is 5.92 Å². The van der Waals surface area contributed by atoms with E-state index in [2.05, 4.69) is 18.7 Å². The van der Waals surface area contributed by atoms with Crippen molar-refractivity contribution < 1.29 is 9.84 Å². The van der Waals surface area contributed by atoms with E-state index < -0.39 is 0 Å². The van der Waals surface area contributed by atoms with Crippen molar-refractivity contribution in [1.29, 1.82) is 0 Å². The van der Waals surface area contributed by atoms with Gasteiger partial charge in [-0.15, -0.1) is 0 Å². The van der Waals surface area contributed by atoms with Crippen LogP contribution in [0.3, 0.4) is 0 Å². The van der Waals surface area contributed by atoms with Crippen molar-refractivity contribution in [2.24, 2.45) is 5.92 Å². The molecule has 12 heavy (non-hydrogen) atoms. The molecule has 1 unspecified atom stereocenters. The van der Waals surface area contributed by atoms with Crippen molar-refractivity contribution in [3.63, 3.8) is 0 Å². The van der Waals surface area contributed by atoms with Gasteiger partial charge in [0, 0.05) is 20.2 Å². The molecule has 74 valence electrons. The lowest BCUT2D eigenvalue weighted by atomic mass is 10.2. The number of ether oxygens (including phenoxy) is 1. The first kappa shape index (κ1) is 11.9. The average Bonchev–Trinajstić information content (AvgIpc) is 1.84. The Morgan fingerprint density at radius 1 is 1.33 bits per heavy atom. The van der Waals surface area contributed by atoms with Crippen LogP contribution in [0.4, 0.5) is 0 Å². The van der Waals surface area contributed by atoms with E-state index in [1.54, 1.807) is 7.11 Å². The van der Waals surface area contributed by atoms with Gasteiger partial charge in [-0.05, 0) is 13.0 Å². The average molecular weight is 175 g/mol. The second-order valence-corrected chi connectivity index (χ2v) is 3.72. The molecule has 0 aromatic heterocycles. The third kappa shape index (κ3) is 6.58. The van der Waals surface area contributed by atoms with E-state index in [9.17, 15) is 5.11 Å². The van der Waals surface area contributed by atoms with Gasteiger partial charge in [0.25, 0.3) is 0 Å². The van der Waals surface area contributed by atoms with Gasteiger partial charge in [0.1, 0.15) is 0 Å². The highest BCUT2D eigenvalue weighted by Crippen LogP contribution is 1.97. The Labute approximate surface area is 75.3 Å². The zero-order valence-corrected chi connectivity index (χ0v) is 8.58. The quantitative estimate of drug-likeness (QED) is 0.641. The maximum atomic E-state index is 9.37. The SMILES string of the molecule is COCC(O)CN(C)CC(C)C. The van der Waals surface area contributed by atoms with Crippen LogP contribution < -0.4 is 0 Å². The van der Waals surface area contributed by atoms with E-state index in [0.717, 1.165) is 6.54 Å². The van der Waals surface area contributed by atoms with E-state index in [1.807, 2.05) is 7.05 Å². The maximum Gasteiger partial charge on any atom is 0.0899 e. The van der Waals surface area contributed by atoms with Crippen LogP contribution >= 0.6 is 0 Å². The lowest BCUT2D eigenvalue weighted by Gasteiger charge is -2.21. The normalized spacial score (nSPS) is 14.2. The molecule has 1 N–H and O–H groups in total. The second-order valence-electron chi connectivity index (χ2n) is 3.72. The minimum Gasteiger partial charge on any atom is -0.389 e. The molecule has 3 nitrogen and oxygen atoms in total. The van der Waals surface area contributed by atoms with Crippen molar-refractivity contribution in [1.82, 2.24) is 4.90 Å². The Hall–Kier alpha value is -0.120. The van der Waals surface area contributed by atoms with Gasteiger partial charge >= 0.3 is 0 Å². The summed E-state index contributed by atoms with van der Waals surface area (Å²) < 4.78 is 4.83. The molecule has 3 heteroatoms. The summed E-state index contributed by atoms with van der Waals surface area (Å²) in [5, 5.41) is 9.37. The molecule has 0 rings (SSSR count). The van der Waals surface area contributed by atoms with Gasteiger partial charge < -0.3 is 14.7 Å². The van der Waals surface area contributed by atoms with E-state index in [4.69, 9.17) is 4.74 Å². The molecule has 0 saturated heterocycles. The van der Waals surface area contributed by atoms with Gasteiger partial charge in [0.15, 0.2) is 0 Å². The lowest BCUT2D eigenvalue weighted by molar-refractivity contribution is 0.0413. The third-order valence-electron chi connectivity index (χ3n) is 1.56. The molecule has 0 bridgehead atoms. The molecule has 0 spiro atoms. The number of hydrogen-bond acceptors (Lipinski definition) is 3. The molecule has 0 aromatic carbocycles. The monoisotopic (exact) mass is 175 g/mol. The molecule has 0 saturated carbocycles. The Kier molecular flexibility index (Phi) is 6.34. The highest BCUT2D eigenvalue weighted by atomic mass is 16.5. The van der Waals surface area contributed by atoms with Crippen molar-refractivity contribution in [2.45, 2.75) is 20.0 Å². The van der Waals surface area contributed by atoms with Crippen LogP contribution in [0.15, 0.2) is 0 Å². The molecule has 0 amide bonds. The molecule has 0 heterocycles. The van der Waals surface area contributed by atoms with Crippen LogP contribution in [-0.2, 0) is 4.74 Å². The van der Waals surface area contributed by atoms with E-state index >= 15 is 0 Å². The molecule has 1 atom stereocenters. The zero-order valence-electron chi connectivity index (χ0n) is 8.58. The largest absolute Gasteiger partial charge is 0.389 e. The van der Waals surface area contributed by atoms with Crippen LogP contribution in [0.1, 0.15) is 13.8 Å². The number of likely N-dealkylation sites (N-methyl/N-ethyl adjacent to an activating group) is 1. The van der Waals surface area contributed by atoms with Gasteiger partial charge in [-0.3, -0.25) is 0 Å². The van der Waals surface area contributed by atoms with E-state index in [0.29, 0.717) is 19.1 Å². The van der Waals surface area contributed by atoms with Gasteiger partial charge in [-0.25, -0.2) is 0 Å². The van der Waals surface area contributed by atoms with Crippen molar-refractivity contribution in [3.8, 4) is 0 Å². The van der Waals surface area contributed by atoms with E-state index in [-0.39, 0.29) is 6.10 Å². The first-order valence-corrected chi connectivity index (χ1v) is 4.41. The Balaban J connectivity index is 3.46. The fraction of sp³-hybridized carbons (Fsp3) is 1.00. The van der Waals surface area contributed by atoms with Gasteiger partial charge in [-0.2, -0.15) is 0 Å². The minimum absolute atomic E-state index is 0.362.